The number of aliphatic hydroxyl groups excluding tert-OH is 5. The molecule has 0 aromatic heterocycles. The molecule has 0 bridgehead atoms. The van der Waals surface area contributed by atoms with Gasteiger partial charge in [-0.2, -0.15) is 0 Å². The first-order valence-electron chi connectivity index (χ1n) is 24.6. The third-order valence-corrected chi connectivity index (χ3v) is 12.5. The summed E-state index contributed by atoms with van der Waals surface area (Å²) < 4.78 is 33.6. The van der Waals surface area contributed by atoms with Crippen LogP contribution in [0.4, 0.5) is 0 Å². The van der Waals surface area contributed by atoms with Gasteiger partial charge >= 0.3 is 19.8 Å². The van der Waals surface area contributed by atoms with E-state index in [1.165, 1.54) is 96.3 Å². The maximum absolute atomic E-state index is 12.8. The smallest absolute Gasteiger partial charge is 0.462 e. The summed E-state index contributed by atoms with van der Waals surface area (Å²) in [6.45, 7) is 3.29. The van der Waals surface area contributed by atoms with Gasteiger partial charge in [0.15, 0.2) is 6.10 Å². The van der Waals surface area contributed by atoms with E-state index in [1.54, 1.807) is 0 Å². The lowest BCUT2D eigenvalue weighted by molar-refractivity contribution is -0.220. The molecule has 0 spiro atoms. The molecular formula is C48H89O13P. The number of unbranched alkanes of at least 4 members (excludes halogenated alkanes) is 25. The molecule has 0 aromatic rings. The Kier molecular flexibility index (Phi) is 36.3. The Balaban J connectivity index is 2.43. The van der Waals surface area contributed by atoms with Crippen molar-refractivity contribution in [3.05, 3.63) is 24.3 Å². The first kappa shape index (κ1) is 58.3. The van der Waals surface area contributed by atoms with E-state index >= 15 is 0 Å². The predicted molar refractivity (Wildman–Crippen MR) is 244 cm³/mol. The van der Waals surface area contributed by atoms with E-state index in [0.717, 1.165) is 77.0 Å². The van der Waals surface area contributed by atoms with Gasteiger partial charge in [0.05, 0.1) is 6.61 Å². The summed E-state index contributed by atoms with van der Waals surface area (Å²) in [5.74, 6) is -1.10. The summed E-state index contributed by atoms with van der Waals surface area (Å²) >= 11 is 0. The van der Waals surface area contributed by atoms with Crippen LogP contribution in [0.1, 0.15) is 213 Å². The molecule has 1 rings (SSSR count). The van der Waals surface area contributed by atoms with Gasteiger partial charge in [0, 0.05) is 12.8 Å². The van der Waals surface area contributed by atoms with E-state index in [9.17, 15) is 44.6 Å². The van der Waals surface area contributed by atoms with Crippen LogP contribution in [0.2, 0.25) is 0 Å². The molecule has 6 N–H and O–H groups in total. The van der Waals surface area contributed by atoms with Gasteiger partial charge in [-0.3, -0.25) is 18.6 Å². The number of hydrogen-bond donors (Lipinski definition) is 6. The van der Waals surface area contributed by atoms with Crippen molar-refractivity contribution in [2.45, 2.75) is 256 Å². The maximum atomic E-state index is 12.8. The molecule has 1 saturated carbocycles. The number of hydrogen-bond acceptors (Lipinski definition) is 12. The van der Waals surface area contributed by atoms with E-state index in [2.05, 4.69) is 38.2 Å². The van der Waals surface area contributed by atoms with Gasteiger partial charge in [0.2, 0.25) is 0 Å². The Morgan fingerprint density at radius 1 is 0.500 bits per heavy atom. The van der Waals surface area contributed by atoms with Gasteiger partial charge in [0.1, 0.15) is 43.2 Å². The standard InChI is InChI=1S/C48H89O13P/c1-3-5-7-9-11-13-15-17-19-21-23-25-27-29-31-33-35-37-42(50)60-40(39-59-62(56,57)61-48-46(54)44(52)43(51)45(53)47(48)55)38-58-41(49)36-34-32-30-28-26-24-22-20-18-16-14-12-10-8-6-4-2/h11,13,17,19,40,43-48,51-55H,3-10,12,14-16,18,20-39H2,1-2H3,(H,56,57)/b13-11-,19-17-. The number of phosphoric ester groups is 1. The summed E-state index contributed by atoms with van der Waals surface area (Å²) in [7, 11) is -5.12. The SMILES string of the molecule is CCCCC/C=C\C/C=C\CCCCCCCCCC(=O)OC(COC(=O)CCCCCCCCCCCCCCCCCC)COP(=O)(O)OC1C(O)C(O)C(O)C(O)C1O. The Morgan fingerprint density at radius 3 is 1.34 bits per heavy atom. The fourth-order valence-corrected chi connectivity index (χ4v) is 8.53. The number of ether oxygens (including phenoxy) is 2. The van der Waals surface area contributed by atoms with Gasteiger partial charge in [-0.05, 0) is 44.9 Å². The summed E-state index contributed by atoms with van der Waals surface area (Å²) in [6.07, 6.45) is 29.3. The van der Waals surface area contributed by atoms with Gasteiger partial charge in [-0.1, -0.05) is 179 Å². The normalized spacial score (nSPS) is 22.0. The van der Waals surface area contributed by atoms with Crippen molar-refractivity contribution >= 4 is 19.8 Å². The quantitative estimate of drug-likeness (QED) is 0.0146. The molecule has 6 unspecified atom stereocenters. The van der Waals surface area contributed by atoms with E-state index in [1.807, 2.05) is 0 Å². The van der Waals surface area contributed by atoms with E-state index in [0.29, 0.717) is 12.8 Å². The van der Waals surface area contributed by atoms with Gasteiger partial charge in [-0.25, -0.2) is 4.57 Å². The molecule has 0 aliphatic heterocycles. The average molecular weight is 905 g/mol. The Hall–Kier alpha value is -1.67. The van der Waals surface area contributed by atoms with Crippen molar-refractivity contribution < 1.29 is 63.1 Å². The molecule has 1 aliphatic carbocycles. The third-order valence-electron chi connectivity index (χ3n) is 11.5. The highest BCUT2D eigenvalue weighted by molar-refractivity contribution is 7.47. The summed E-state index contributed by atoms with van der Waals surface area (Å²) in [5.41, 5.74) is 0. The van der Waals surface area contributed by atoms with Crippen LogP contribution in [0.3, 0.4) is 0 Å². The van der Waals surface area contributed by atoms with Crippen molar-refractivity contribution in [3.63, 3.8) is 0 Å². The van der Waals surface area contributed by atoms with Gasteiger partial charge in [0.25, 0.3) is 0 Å². The second-order valence-electron chi connectivity index (χ2n) is 17.3. The highest BCUT2D eigenvalue weighted by atomic mass is 31.2. The highest BCUT2D eigenvalue weighted by Crippen LogP contribution is 2.47. The lowest BCUT2D eigenvalue weighted by Gasteiger charge is -2.41. The second-order valence-corrected chi connectivity index (χ2v) is 18.7. The molecule has 1 aliphatic rings. The van der Waals surface area contributed by atoms with E-state index in [-0.39, 0.29) is 12.8 Å². The Bertz CT molecular complexity index is 1180. The monoisotopic (exact) mass is 905 g/mol. The number of esters is 2. The van der Waals surface area contributed by atoms with Crippen LogP contribution in [0, 0.1) is 0 Å². The highest BCUT2D eigenvalue weighted by Gasteiger charge is 2.51. The van der Waals surface area contributed by atoms with Crippen LogP contribution in [0.25, 0.3) is 0 Å². The molecule has 0 radical (unpaired) electrons. The zero-order valence-corrected chi connectivity index (χ0v) is 39.6. The molecule has 62 heavy (non-hydrogen) atoms. The van der Waals surface area contributed by atoms with Crippen LogP contribution in [0.15, 0.2) is 24.3 Å². The molecule has 1 fully saturated rings. The second kappa shape index (κ2) is 38.6. The topological polar surface area (TPSA) is 210 Å². The Morgan fingerprint density at radius 2 is 0.871 bits per heavy atom. The fraction of sp³-hybridized carbons (Fsp3) is 0.875. The zero-order chi connectivity index (χ0) is 45.7. The van der Waals surface area contributed by atoms with Crippen LogP contribution >= 0.6 is 7.82 Å². The fourth-order valence-electron chi connectivity index (χ4n) is 7.55. The molecule has 364 valence electrons. The molecule has 6 atom stereocenters. The van der Waals surface area contributed by atoms with Crippen LogP contribution in [0.5, 0.6) is 0 Å². The minimum Gasteiger partial charge on any atom is -0.462 e. The average Bonchev–Trinajstić information content (AvgIpc) is 3.25. The molecule has 14 heteroatoms. The van der Waals surface area contributed by atoms with Crippen molar-refractivity contribution in [2.75, 3.05) is 13.2 Å². The van der Waals surface area contributed by atoms with Crippen LogP contribution in [-0.4, -0.2) is 98.3 Å². The third kappa shape index (κ3) is 30.5. The number of phosphoric acid groups is 1. The number of aliphatic hydroxyl groups is 5. The van der Waals surface area contributed by atoms with Crippen molar-refractivity contribution in [2.24, 2.45) is 0 Å². The molecule has 13 nitrogen and oxygen atoms in total. The maximum Gasteiger partial charge on any atom is 0.472 e. The molecule has 0 heterocycles. The lowest BCUT2D eigenvalue weighted by atomic mass is 9.85. The predicted octanol–water partition coefficient (Wildman–Crippen LogP) is 10.0. The zero-order valence-electron chi connectivity index (χ0n) is 38.7. The van der Waals surface area contributed by atoms with Crippen LogP contribution in [-0.2, 0) is 32.7 Å². The minimum atomic E-state index is -5.12. The van der Waals surface area contributed by atoms with Crippen molar-refractivity contribution in [1.29, 1.82) is 0 Å². The first-order valence-corrected chi connectivity index (χ1v) is 26.1. The summed E-state index contributed by atoms with van der Waals surface area (Å²) in [6, 6.07) is 0. The summed E-state index contributed by atoms with van der Waals surface area (Å²) in [4.78, 5) is 35.8. The largest absolute Gasteiger partial charge is 0.472 e. The first-order chi connectivity index (χ1) is 29.9. The minimum absolute atomic E-state index is 0.0906. The molecule has 0 aromatic carbocycles. The lowest BCUT2D eigenvalue weighted by Crippen LogP contribution is -2.64. The number of rotatable bonds is 41. The van der Waals surface area contributed by atoms with Gasteiger partial charge < -0.3 is 39.9 Å². The van der Waals surface area contributed by atoms with E-state index < -0.39 is 75.7 Å². The van der Waals surface area contributed by atoms with Crippen molar-refractivity contribution in [1.82, 2.24) is 0 Å². The van der Waals surface area contributed by atoms with Crippen molar-refractivity contribution in [3.8, 4) is 0 Å². The number of carbonyl (C=O) groups excluding carboxylic acids is 2. The Labute approximate surface area is 375 Å². The molecular weight excluding hydrogens is 815 g/mol. The number of allylic oxidation sites excluding steroid dienone is 4. The van der Waals surface area contributed by atoms with Crippen LogP contribution < -0.4 is 0 Å². The summed E-state index contributed by atoms with van der Waals surface area (Å²) in [5, 5.41) is 50.2. The molecule has 0 amide bonds. The van der Waals surface area contributed by atoms with Gasteiger partial charge in [-0.15, -0.1) is 0 Å². The number of carbonyl (C=O) groups is 2. The molecule has 0 saturated heterocycles. The van der Waals surface area contributed by atoms with E-state index in [4.69, 9.17) is 18.5 Å².